The summed E-state index contributed by atoms with van der Waals surface area (Å²) in [6.45, 7) is -0.639. The van der Waals surface area contributed by atoms with Crippen LogP contribution in [0.1, 0.15) is 5.56 Å². The van der Waals surface area contributed by atoms with Gasteiger partial charge in [0.1, 0.15) is 0 Å². The summed E-state index contributed by atoms with van der Waals surface area (Å²) in [5.41, 5.74) is 5.41. The standard InChI is InChI=1S/C9H10ClF2N/c10-8-3-1-2-7(4-8)5-9(11,12)6-13/h1-4H,5-6,13H2. The van der Waals surface area contributed by atoms with Crippen LogP contribution in [0.15, 0.2) is 24.3 Å². The van der Waals surface area contributed by atoms with E-state index in [0.717, 1.165) is 0 Å². The van der Waals surface area contributed by atoms with Crippen LogP contribution >= 0.6 is 11.6 Å². The molecule has 0 amide bonds. The van der Waals surface area contributed by atoms with Crippen LogP contribution in [0.2, 0.25) is 5.02 Å². The van der Waals surface area contributed by atoms with Gasteiger partial charge in [0, 0.05) is 11.4 Å². The Balaban J connectivity index is 2.74. The van der Waals surface area contributed by atoms with E-state index >= 15 is 0 Å². The lowest BCUT2D eigenvalue weighted by Gasteiger charge is -2.13. The SMILES string of the molecule is NCC(F)(F)Cc1cccc(Cl)c1. The summed E-state index contributed by atoms with van der Waals surface area (Å²) in [6.07, 6.45) is -0.357. The van der Waals surface area contributed by atoms with Gasteiger partial charge in [0.25, 0.3) is 5.92 Å². The van der Waals surface area contributed by atoms with Crippen LogP contribution in [0.4, 0.5) is 8.78 Å². The lowest BCUT2D eigenvalue weighted by atomic mass is 10.1. The maximum absolute atomic E-state index is 12.8. The molecule has 0 aliphatic rings. The molecule has 1 aromatic rings. The van der Waals surface area contributed by atoms with E-state index in [9.17, 15) is 8.78 Å². The molecule has 0 unspecified atom stereocenters. The van der Waals surface area contributed by atoms with Gasteiger partial charge in [-0.05, 0) is 17.7 Å². The largest absolute Gasteiger partial charge is 0.325 e. The van der Waals surface area contributed by atoms with E-state index in [1.165, 1.54) is 6.07 Å². The molecule has 0 bridgehead atoms. The number of hydrogen-bond donors (Lipinski definition) is 1. The molecule has 0 saturated heterocycles. The van der Waals surface area contributed by atoms with E-state index in [1.807, 2.05) is 0 Å². The lowest BCUT2D eigenvalue weighted by Crippen LogP contribution is -2.30. The van der Waals surface area contributed by atoms with Crippen molar-refractivity contribution in [3.63, 3.8) is 0 Å². The van der Waals surface area contributed by atoms with Crippen LogP contribution < -0.4 is 5.73 Å². The fourth-order valence-electron chi connectivity index (χ4n) is 1.02. The molecular weight excluding hydrogens is 196 g/mol. The van der Waals surface area contributed by atoms with Crippen LogP contribution in [0.5, 0.6) is 0 Å². The first-order valence-corrected chi connectivity index (χ1v) is 4.24. The molecule has 4 heteroatoms. The van der Waals surface area contributed by atoms with Crippen molar-refractivity contribution in [1.29, 1.82) is 0 Å². The highest BCUT2D eigenvalue weighted by Gasteiger charge is 2.26. The number of hydrogen-bond acceptors (Lipinski definition) is 1. The number of nitrogens with two attached hydrogens (primary N) is 1. The van der Waals surface area contributed by atoms with Gasteiger partial charge in [-0.2, -0.15) is 0 Å². The van der Waals surface area contributed by atoms with Crippen LogP contribution in [-0.2, 0) is 6.42 Å². The highest BCUT2D eigenvalue weighted by molar-refractivity contribution is 6.30. The van der Waals surface area contributed by atoms with E-state index in [-0.39, 0.29) is 6.42 Å². The molecule has 0 radical (unpaired) electrons. The number of alkyl halides is 2. The molecule has 0 aliphatic heterocycles. The highest BCUT2D eigenvalue weighted by atomic mass is 35.5. The Kier molecular flexibility index (Phi) is 3.22. The number of benzene rings is 1. The number of rotatable bonds is 3. The molecule has 1 nitrogen and oxygen atoms in total. The Morgan fingerprint density at radius 3 is 2.62 bits per heavy atom. The first kappa shape index (κ1) is 10.4. The van der Waals surface area contributed by atoms with Crippen molar-refractivity contribution in [1.82, 2.24) is 0 Å². The number of halogens is 3. The van der Waals surface area contributed by atoms with Gasteiger partial charge in [-0.1, -0.05) is 23.7 Å². The molecule has 72 valence electrons. The quantitative estimate of drug-likeness (QED) is 0.806. The Bertz CT molecular complexity index is 289. The van der Waals surface area contributed by atoms with Gasteiger partial charge in [0.2, 0.25) is 0 Å². The Hall–Kier alpha value is -0.670. The molecule has 0 atom stereocenters. The summed E-state index contributed by atoms with van der Waals surface area (Å²) in [7, 11) is 0. The molecule has 0 aromatic heterocycles. The highest BCUT2D eigenvalue weighted by Crippen LogP contribution is 2.20. The Labute approximate surface area is 80.5 Å². The molecule has 2 N–H and O–H groups in total. The second-order valence-electron chi connectivity index (χ2n) is 2.87. The van der Waals surface area contributed by atoms with E-state index in [2.05, 4.69) is 0 Å². The average molecular weight is 206 g/mol. The van der Waals surface area contributed by atoms with Crippen molar-refractivity contribution in [2.24, 2.45) is 5.73 Å². The fraction of sp³-hybridized carbons (Fsp3) is 0.333. The second-order valence-corrected chi connectivity index (χ2v) is 3.30. The van der Waals surface area contributed by atoms with Crippen molar-refractivity contribution >= 4 is 11.6 Å². The predicted octanol–water partition coefficient (Wildman–Crippen LogP) is 2.48. The summed E-state index contributed by atoms with van der Waals surface area (Å²) < 4.78 is 25.6. The van der Waals surface area contributed by atoms with Crippen LogP contribution in [0.25, 0.3) is 0 Å². The van der Waals surface area contributed by atoms with Crippen molar-refractivity contribution in [2.75, 3.05) is 6.54 Å². The maximum Gasteiger partial charge on any atom is 0.264 e. The monoisotopic (exact) mass is 205 g/mol. The van der Waals surface area contributed by atoms with E-state index in [1.54, 1.807) is 18.2 Å². The minimum atomic E-state index is -2.84. The minimum Gasteiger partial charge on any atom is -0.325 e. The van der Waals surface area contributed by atoms with Gasteiger partial charge >= 0.3 is 0 Å². The third kappa shape index (κ3) is 3.28. The van der Waals surface area contributed by atoms with Crippen molar-refractivity contribution in [3.8, 4) is 0 Å². The topological polar surface area (TPSA) is 26.0 Å². The summed E-state index contributed by atoms with van der Waals surface area (Å²) in [5.74, 6) is -2.84. The maximum atomic E-state index is 12.8. The zero-order chi connectivity index (χ0) is 9.90. The van der Waals surface area contributed by atoms with Gasteiger partial charge in [-0.25, -0.2) is 8.78 Å². The first-order valence-electron chi connectivity index (χ1n) is 3.86. The Morgan fingerprint density at radius 1 is 1.38 bits per heavy atom. The average Bonchev–Trinajstić information content (AvgIpc) is 2.03. The Morgan fingerprint density at radius 2 is 2.08 bits per heavy atom. The van der Waals surface area contributed by atoms with Crippen molar-refractivity contribution < 1.29 is 8.78 Å². The summed E-state index contributed by atoms with van der Waals surface area (Å²) in [6, 6.07) is 6.41. The van der Waals surface area contributed by atoms with E-state index in [0.29, 0.717) is 10.6 Å². The first-order chi connectivity index (χ1) is 6.03. The third-order valence-corrected chi connectivity index (χ3v) is 1.89. The smallest absolute Gasteiger partial charge is 0.264 e. The molecule has 13 heavy (non-hydrogen) atoms. The summed E-state index contributed by atoms with van der Waals surface area (Å²) in [5, 5.41) is 0.463. The molecule has 0 spiro atoms. The van der Waals surface area contributed by atoms with E-state index in [4.69, 9.17) is 17.3 Å². The van der Waals surface area contributed by atoms with Crippen LogP contribution in [0, 0.1) is 0 Å². The van der Waals surface area contributed by atoms with Gasteiger partial charge in [-0.15, -0.1) is 0 Å². The molecule has 0 aliphatic carbocycles. The lowest BCUT2D eigenvalue weighted by molar-refractivity contribution is 0.0115. The van der Waals surface area contributed by atoms with Gasteiger partial charge in [0.05, 0.1) is 6.54 Å². The summed E-state index contributed by atoms with van der Waals surface area (Å²) >= 11 is 5.64. The predicted molar refractivity (Wildman–Crippen MR) is 49.2 cm³/mol. The van der Waals surface area contributed by atoms with Gasteiger partial charge in [-0.3, -0.25) is 0 Å². The second kappa shape index (κ2) is 4.03. The molecular formula is C9H10ClF2N. The zero-order valence-corrected chi connectivity index (χ0v) is 7.69. The third-order valence-electron chi connectivity index (χ3n) is 1.65. The van der Waals surface area contributed by atoms with E-state index < -0.39 is 12.5 Å². The van der Waals surface area contributed by atoms with Crippen LogP contribution in [0.3, 0.4) is 0 Å². The van der Waals surface area contributed by atoms with Gasteiger partial charge < -0.3 is 5.73 Å². The van der Waals surface area contributed by atoms with Crippen LogP contribution in [-0.4, -0.2) is 12.5 Å². The minimum absolute atomic E-state index is 0.357. The van der Waals surface area contributed by atoms with Crippen molar-refractivity contribution in [3.05, 3.63) is 34.9 Å². The molecule has 0 heterocycles. The molecule has 1 rings (SSSR count). The van der Waals surface area contributed by atoms with Crippen molar-refractivity contribution in [2.45, 2.75) is 12.3 Å². The zero-order valence-electron chi connectivity index (χ0n) is 6.93. The molecule has 0 fully saturated rings. The fourth-order valence-corrected chi connectivity index (χ4v) is 1.23. The molecule has 1 aromatic carbocycles. The normalized spacial score (nSPS) is 11.7. The molecule has 0 saturated carbocycles. The van der Waals surface area contributed by atoms with Gasteiger partial charge in [0.15, 0.2) is 0 Å². The summed E-state index contributed by atoms with van der Waals surface area (Å²) in [4.78, 5) is 0.